The van der Waals surface area contributed by atoms with Gasteiger partial charge in [0.05, 0.1) is 25.6 Å². The molecule has 7 nitrogen and oxygen atoms in total. The highest BCUT2D eigenvalue weighted by atomic mass is 16.5. The summed E-state index contributed by atoms with van der Waals surface area (Å²) < 4.78 is 5.50. The lowest BCUT2D eigenvalue weighted by Gasteiger charge is -2.35. The number of aromatic nitrogens is 4. The minimum absolute atomic E-state index is 0.267. The maximum Gasteiger partial charge on any atom is 0.182 e. The average Bonchev–Trinajstić information content (AvgIpc) is 3.13. The molecular formula is C17H20N6O. The van der Waals surface area contributed by atoms with E-state index < -0.39 is 0 Å². The standard InChI is InChI=1S/C17H20N6O/c1-2-4-13(5-3-1)14(23-6-8-24-9-7-23)10-18-16-15-17(20-11-19-15)22-12-21-16/h1-5,11-12,14H,6-10H2,(H2,18,19,20,21,22)/t14-/m1/s1. The Morgan fingerprint density at radius 1 is 1.12 bits per heavy atom. The van der Waals surface area contributed by atoms with Crippen molar-refractivity contribution in [2.24, 2.45) is 0 Å². The molecule has 1 aliphatic heterocycles. The van der Waals surface area contributed by atoms with Gasteiger partial charge in [-0.05, 0) is 5.56 Å². The van der Waals surface area contributed by atoms with Crippen molar-refractivity contribution >= 4 is 17.0 Å². The van der Waals surface area contributed by atoms with Crippen LogP contribution in [-0.2, 0) is 4.74 Å². The lowest BCUT2D eigenvalue weighted by Crippen LogP contribution is -2.41. The number of nitrogens with zero attached hydrogens (tertiary/aromatic N) is 4. The first-order chi connectivity index (χ1) is 11.9. The third kappa shape index (κ3) is 3.08. The highest BCUT2D eigenvalue weighted by molar-refractivity contribution is 5.81. The summed E-state index contributed by atoms with van der Waals surface area (Å²) >= 11 is 0. The van der Waals surface area contributed by atoms with Crippen LogP contribution in [0.5, 0.6) is 0 Å². The number of benzene rings is 1. The molecule has 24 heavy (non-hydrogen) atoms. The van der Waals surface area contributed by atoms with Crippen LogP contribution < -0.4 is 5.32 Å². The third-order valence-electron chi connectivity index (χ3n) is 4.36. The summed E-state index contributed by atoms with van der Waals surface area (Å²) in [6.45, 7) is 4.19. The summed E-state index contributed by atoms with van der Waals surface area (Å²) in [6, 6.07) is 10.8. The predicted molar refractivity (Wildman–Crippen MR) is 91.7 cm³/mol. The van der Waals surface area contributed by atoms with Gasteiger partial charge in [-0.3, -0.25) is 4.90 Å². The Morgan fingerprint density at radius 3 is 2.79 bits per heavy atom. The minimum atomic E-state index is 0.267. The van der Waals surface area contributed by atoms with Crippen molar-refractivity contribution in [3.05, 3.63) is 48.5 Å². The smallest absolute Gasteiger partial charge is 0.182 e. The van der Waals surface area contributed by atoms with E-state index in [0.717, 1.165) is 44.2 Å². The molecule has 0 spiro atoms. The molecule has 124 valence electrons. The Morgan fingerprint density at radius 2 is 1.96 bits per heavy atom. The van der Waals surface area contributed by atoms with Crippen LogP contribution in [0.3, 0.4) is 0 Å². The molecule has 1 saturated heterocycles. The largest absolute Gasteiger partial charge is 0.379 e. The Bertz CT molecular complexity index is 784. The van der Waals surface area contributed by atoms with Crippen LogP contribution in [0.4, 0.5) is 5.82 Å². The summed E-state index contributed by atoms with van der Waals surface area (Å²) in [5.41, 5.74) is 2.81. The second kappa shape index (κ2) is 6.94. The SMILES string of the molecule is c1ccc([C@@H](CNc2ncnc3nc[nH]c23)N2CCOCC2)cc1. The molecule has 0 aliphatic carbocycles. The maximum absolute atomic E-state index is 5.50. The van der Waals surface area contributed by atoms with E-state index in [0.29, 0.717) is 5.65 Å². The molecule has 0 radical (unpaired) electrons. The van der Waals surface area contributed by atoms with Crippen LogP contribution in [0.25, 0.3) is 11.2 Å². The van der Waals surface area contributed by atoms with Gasteiger partial charge in [0.25, 0.3) is 0 Å². The highest BCUT2D eigenvalue weighted by Gasteiger charge is 2.22. The first kappa shape index (κ1) is 15.0. The van der Waals surface area contributed by atoms with Crippen molar-refractivity contribution in [3.8, 4) is 0 Å². The second-order valence-corrected chi connectivity index (χ2v) is 5.78. The Hall–Kier alpha value is -2.51. The van der Waals surface area contributed by atoms with E-state index in [1.165, 1.54) is 11.9 Å². The van der Waals surface area contributed by atoms with Gasteiger partial charge in [0.1, 0.15) is 11.8 Å². The van der Waals surface area contributed by atoms with Crippen molar-refractivity contribution < 1.29 is 4.74 Å². The number of morpholine rings is 1. The number of rotatable bonds is 5. The monoisotopic (exact) mass is 324 g/mol. The molecule has 0 amide bonds. The third-order valence-corrected chi connectivity index (χ3v) is 4.36. The molecule has 7 heteroatoms. The molecular weight excluding hydrogens is 304 g/mol. The fourth-order valence-corrected chi connectivity index (χ4v) is 3.11. The van der Waals surface area contributed by atoms with Gasteiger partial charge in [-0.25, -0.2) is 15.0 Å². The number of fused-ring (bicyclic) bond motifs is 1. The molecule has 2 aromatic heterocycles. The minimum Gasteiger partial charge on any atom is -0.379 e. The Kier molecular flexibility index (Phi) is 4.35. The fraction of sp³-hybridized carbons (Fsp3) is 0.353. The predicted octanol–water partition coefficient (Wildman–Crippen LogP) is 1.84. The number of aromatic amines is 1. The zero-order valence-electron chi connectivity index (χ0n) is 13.4. The Labute approximate surface area is 140 Å². The van der Waals surface area contributed by atoms with Gasteiger partial charge < -0.3 is 15.0 Å². The number of nitrogens with one attached hydrogen (secondary N) is 2. The lowest BCUT2D eigenvalue weighted by molar-refractivity contribution is 0.0187. The van der Waals surface area contributed by atoms with Crippen molar-refractivity contribution in [1.82, 2.24) is 24.8 Å². The molecule has 4 rings (SSSR count). The van der Waals surface area contributed by atoms with Crippen molar-refractivity contribution in [2.75, 3.05) is 38.2 Å². The van der Waals surface area contributed by atoms with E-state index in [2.05, 4.69) is 54.4 Å². The fourth-order valence-electron chi connectivity index (χ4n) is 3.11. The number of imidazole rings is 1. The molecule has 3 aromatic rings. The molecule has 0 unspecified atom stereocenters. The van der Waals surface area contributed by atoms with Gasteiger partial charge in [0.2, 0.25) is 0 Å². The van der Waals surface area contributed by atoms with Gasteiger partial charge in [0.15, 0.2) is 11.5 Å². The van der Waals surface area contributed by atoms with E-state index in [4.69, 9.17) is 4.74 Å². The highest BCUT2D eigenvalue weighted by Crippen LogP contribution is 2.23. The van der Waals surface area contributed by atoms with E-state index in [-0.39, 0.29) is 6.04 Å². The summed E-state index contributed by atoms with van der Waals surface area (Å²) in [4.78, 5) is 18.2. The first-order valence-electron chi connectivity index (χ1n) is 8.16. The summed E-state index contributed by atoms with van der Waals surface area (Å²) in [5, 5.41) is 3.46. The maximum atomic E-state index is 5.50. The molecule has 1 aliphatic rings. The number of anilines is 1. The molecule has 2 N–H and O–H groups in total. The second-order valence-electron chi connectivity index (χ2n) is 5.78. The summed E-state index contributed by atoms with van der Waals surface area (Å²) in [5.74, 6) is 0.784. The lowest BCUT2D eigenvalue weighted by atomic mass is 10.0. The zero-order valence-corrected chi connectivity index (χ0v) is 13.4. The van der Waals surface area contributed by atoms with Crippen LogP contribution in [0.1, 0.15) is 11.6 Å². The van der Waals surface area contributed by atoms with Gasteiger partial charge in [0, 0.05) is 19.6 Å². The van der Waals surface area contributed by atoms with E-state index >= 15 is 0 Å². The normalized spacial score (nSPS) is 17.0. The summed E-state index contributed by atoms with van der Waals surface area (Å²) in [6.07, 6.45) is 3.18. The van der Waals surface area contributed by atoms with Gasteiger partial charge in [-0.2, -0.15) is 0 Å². The number of hydrogen-bond acceptors (Lipinski definition) is 6. The van der Waals surface area contributed by atoms with E-state index in [1.807, 2.05) is 6.07 Å². The molecule has 3 heterocycles. The van der Waals surface area contributed by atoms with Crippen LogP contribution >= 0.6 is 0 Å². The van der Waals surface area contributed by atoms with Crippen molar-refractivity contribution in [3.63, 3.8) is 0 Å². The molecule has 0 saturated carbocycles. The van der Waals surface area contributed by atoms with Crippen LogP contribution in [-0.4, -0.2) is 57.7 Å². The summed E-state index contributed by atoms with van der Waals surface area (Å²) in [7, 11) is 0. The Balaban J connectivity index is 1.56. The van der Waals surface area contributed by atoms with Gasteiger partial charge in [-0.15, -0.1) is 0 Å². The number of hydrogen-bond donors (Lipinski definition) is 2. The quantitative estimate of drug-likeness (QED) is 0.745. The van der Waals surface area contributed by atoms with Crippen molar-refractivity contribution in [2.45, 2.75) is 6.04 Å². The topological polar surface area (TPSA) is 79.0 Å². The average molecular weight is 324 g/mol. The zero-order chi connectivity index (χ0) is 16.2. The van der Waals surface area contributed by atoms with E-state index in [1.54, 1.807) is 6.33 Å². The van der Waals surface area contributed by atoms with Gasteiger partial charge in [-0.1, -0.05) is 30.3 Å². The molecule has 1 fully saturated rings. The van der Waals surface area contributed by atoms with Gasteiger partial charge >= 0.3 is 0 Å². The van der Waals surface area contributed by atoms with Crippen LogP contribution in [0.15, 0.2) is 43.0 Å². The van der Waals surface area contributed by atoms with E-state index in [9.17, 15) is 0 Å². The van der Waals surface area contributed by atoms with Crippen molar-refractivity contribution in [1.29, 1.82) is 0 Å². The van der Waals surface area contributed by atoms with Crippen LogP contribution in [0, 0.1) is 0 Å². The molecule has 1 atom stereocenters. The number of ether oxygens (including phenoxy) is 1. The first-order valence-corrected chi connectivity index (χ1v) is 8.16. The molecule has 0 bridgehead atoms. The molecule has 1 aromatic carbocycles. The number of H-pyrrole nitrogens is 1. The van der Waals surface area contributed by atoms with Crippen LogP contribution in [0.2, 0.25) is 0 Å².